The Labute approximate surface area is 136 Å². The lowest BCUT2D eigenvalue weighted by atomic mass is 10.2. The summed E-state index contributed by atoms with van der Waals surface area (Å²) in [4.78, 5) is 8.30. The minimum Gasteiger partial charge on any atom is -0.364 e. The van der Waals surface area contributed by atoms with E-state index >= 15 is 0 Å². The minimum absolute atomic E-state index is 0.769. The summed E-state index contributed by atoms with van der Waals surface area (Å²) < 4.78 is 1.77. The van der Waals surface area contributed by atoms with E-state index in [2.05, 4.69) is 32.0 Å². The van der Waals surface area contributed by atoms with E-state index < -0.39 is 0 Å². The Hall–Kier alpha value is -1.30. The molecule has 1 aliphatic rings. The molecule has 1 saturated heterocycles. The highest BCUT2D eigenvalue weighted by Gasteiger charge is 2.19. The van der Waals surface area contributed by atoms with Gasteiger partial charge in [-0.15, -0.1) is 0 Å². The first-order valence-electron chi connectivity index (χ1n) is 7.88. The zero-order valence-corrected chi connectivity index (χ0v) is 14.1. The van der Waals surface area contributed by atoms with Crippen LogP contribution in [0.25, 0.3) is 0 Å². The summed E-state index contributed by atoms with van der Waals surface area (Å²) in [6.45, 7) is 8.38. The van der Waals surface area contributed by atoms with E-state index in [1.165, 1.54) is 17.7 Å². The van der Waals surface area contributed by atoms with Crippen LogP contribution in [-0.2, 0) is 20.1 Å². The van der Waals surface area contributed by atoms with Crippen molar-refractivity contribution in [1.82, 2.24) is 24.6 Å². The van der Waals surface area contributed by atoms with Gasteiger partial charge in [0.2, 0.25) is 0 Å². The van der Waals surface area contributed by atoms with E-state index in [1.54, 1.807) is 4.68 Å². The van der Waals surface area contributed by atoms with Crippen molar-refractivity contribution < 1.29 is 0 Å². The van der Waals surface area contributed by atoms with Crippen molar-refractivity contribution in [2.75, 3.05) is 26.2 Å². The van der Waals surface area contributed by atoms with E-state index in [-0.39, 0.29) is 0 Å². The Kier molecular flexibility index (Phi) is 4.86. The summed E-state index contributed by atoms with van der Waals surface area (Å²) >= 11 is 6.36. The number of aryl methyl sites for hydroxylation is 2. The van der Waals surface area contributed by atoms with Gasteiger partial charge in [-0.2, -0.15) is 5.10 Å². The van der Waals surface area contributed by atoms with Crippen LogP contribution in [0.5, 0.6) is 0 Å². The third-order valence-electron chi connectivity index (χ3n) is 4.39. The van der Waals surface area contributed by atoms with Gasteiger partial charge in [-0.3, -0.25) is 14.5 Å². The molecular weight excluding hydrogens is 298 g/mol. The summed E-state index contributed by atoms with van der Waals surface area (Å²) in [5.74, 6) is 0. The second-order valence-corrected chi connectivity index (χ2v) is 6.44. The molecule has 2 aromatic rings. The van der Waals surface area contributed by atoms with Gasteiger partial charge in [0.15, 0.2) is 0 Å². The average Bonchev–Trinajstić information content (AvgIpc) is 2.99. The Balaban J connectivity index is 1.58. The maximum atomic E-state index is 6.36. The van der Waals surface area contributed by atoms with Crippen LogP contribution in [0.3, 0.4) is 0 Å². The Morgan fingerprint density at radius 3 is 2.50 bits per heavy atom. The fourth-order valence-electron chi connectivity index (χ4n) is 3.12. The van der Waals surface area contributed by atoms with Crippen LogP contribution < -0.4 is 0 Å². The number of aromatic nitrogens is 3. The molecule has 0 bridgehead atoms. The number of aromatic amines is 1. The number of halogens is 1. The number of hydrogen-bond donors (Lipinski definition) is 1. The van der Waals surface area contributed by atoms with Crippen molar-refractivity contribution >= 4 is 11.6 Å². The number of nitrogens with zero attached hydrogens (tertiary/aromatic N) is 4. The van der Waals surface area contributed by atoms with Gasteiger partial charge in [0.05, 0.1) is 5.69 Å². The molecule has 0 aliphatic carbocycles. The number of nitrogens with one attached hydrogen (secondary N) is 1. The standard InChI is InChI=1S/C16H24ClN5/c1-13-15(16(17)20(2)19-13)12-22-8-4-7-21(9-10-22)11-14-5-3-6-18-14/h3,5-6,18H,4,7-12H2,1-2H3. The van der Waals surface area contributed by atoms with Crippen molar-refractivity contribution in [1.29, 1.82) is 0 Å². The first kappa shape index (κ1) is 15.6. The molecule has 6 heteroatoms. The smallest absolute Gasteiger partial charge is 0.131 e. The topological polar surface area (TPSA) is 40.1 Å². The molecule has 5 nitrogen and oxygen atoms in total. The van der Waals surface area contributed by atoms with Crippen LogP contribution >= 0.6 is 11.6 Å². The summed E-state index contributed by atoms with van der Waals surface area (Å²) in [5, 5.41) is 5.18. The van der Waals surface area contributed by atoms with E-state index in [0.29, 0.717) is 0 Å². The monoisotopic (exact) mass is 321 g/mol. The second kappa shape index (κ2) is 6.86. The molecule has 0 amide bonds. The van der Waals surface area contributed by atoms with Crippen LogP contribution in [0.1, 0.15) is 23.4 Å². The lowest BCUT2D eigenvalue weighted by Gasteiger charge is -2.21. The van der Waals surface area contributed by atoms with Gasteiger partial charge in [0, 0.05) is 50.7 Å². The van der Waals surface area contributed by atoms with Gasteiger partial charge >= 0.3 is 0 Å². The molecule has 1 fully saturated rings. The van der Waals surface area contributed by atoms with Gasteiger partial charge in [0.1, 0.15) is 5.15 Å². The van der Waals surface area contributed by atoms with Crippen molar-refractivity contribution in [3.63, 3.8) is 0 Å². The molecular formula is C16H24ClN5. The normalized spacial score (nSPS) is 17.8. The fraction of sp³-hybridized carbons (Fsp3) is 0.562. The quantitative estimate of drug-likeness (QED) is 0.940. The molecule has 0 atom stereocenters. The van der Waals surface area contributed by atoms with Crippen LogP contribution in [0.2, 0.25) is 5.15 Å². The summed E-state index contributed by atoms with van der Waals surface area (Å²) in [5.41, 5.74) is 3.50. The molecule has 120 valence electrons. The van der Waals surface area contributed by atoms with E-state index in [9.17, 15) is 0 Å². The second-order valence-electron chi connectivity index (χ2n) is 6.08. The van der Waals surface area contributed by atoms with Crippen molar-refractivity contribution in [3.05, 3.63) is 40.4 Å². The van der Waals surface area contributed by atoms with Crippen molar-refractivity contribution in [2.24, 2.45) is 7.05 Å². The third kappa shape index (κ3) is 3.54. The Morgan fingerprint density at radius 1 is 1.18 bits per heavy atom. The molecule has 0 spiro atoms. The van der Waals surface area contributed by atoms with Gasteiger partial charge in [-0.05, 0) is 38.6 Å². The molecule has 1 N–H and O–H groups in total. The highest BCUT2D eigenvalue weighted by atomic mass is 35.5. The largest absolute Gasteiger partial charge is 0.364 e. The summed E-state index contributed by atoms with van der Waals surface area (Å²) in [6, 6.07) is 4.22. The lowest BCUT2D eigenvalue weighted by molar-refractivity contribution is 0.245. The third-order valence-corrected chi connectivity index (χ3v) is 4.86. The van der Waals surface area contributed by atoms with Crippen LogP contribution in [0.15, 0.2) is 18.3 Å². The molecule has 0 radical (unpaired) electrons. The predicted molar refractivity (Wildman–Crippen MR) is 88.9 cm³/mol. The first-order valence-corrected chi connectivity index (χ1v) is 8.26. The zero-order chi connectivity index (χ0) is 15.5. The zero-order valence-electron chi connectivity index (χ0n) is 13.3. The molecule has 1 aliphatic heterocycles. The van der Waals surface area contributed by atoms with E-state index in [4.69, 9.17) is 11.6 Å². The molecule has 3 rings (SSSR count). The number of H-pyrrole nitrogens is 1. The van der Waals surface area contributed by atoms with Crippen molar-refractivity contribution in [3.8, 4) is 0 Å². The lowest BCUT2D eigenvalue weighted by Crippen LogP contribution is -2.30. The van der Waals surface area contributed by atoms with E-state index in [0.717, 1.165) is 50.1 Å². The number of hydrogen-bond acceptors (Lipinski definition) is 3. The number of rotatable bonds is 4. The predicted octanol–water partition coefficient (Wildman–Crippen LogP) is 2.42. The van der Waals surface area contributed by atoms with Gasteiger partial charge in [0.25, 0.3) is 0 Å². The highest BCUT2D eigenvalue weighted by Crippen LogP contribution is 2.21. The molecule has 3 heterocycles. The SMILES string of the molecule is Cc1nn(C)c(Cl)c1CN1CCCN(Cc2ccc[nH]2)CC1. The maximum absolute atomic E-state index is 6.36. The van der Waals surface area contributed by atoms with Crippen LogP contribution in [0, 0.1) is 6.92 Å². The average molecular weight is 322 g/mol. The molecule has 2 aromatic heterocycles. The van der Waals surface area contributed by atoms with Crippen LogP contribution in [-0.4, -0.2) is 50.7 Å². The summed E-state index contributed by atoms with van der Waals surface area (Å²) in [7, 11) is 1.90. The van der Waals surface area contributed by atoms with Crippen molar-refractivity contribution in [2.45, 2.75) is 26.4 Å². The molecule has 0 unspecified atom stereocenters. The first-order chi connectivity index (χ1) is 10.6. The minimum atomic E-state index is 0.769. The molecule has 0 aromatic carbocycles. The Morgan fingerprint density at radius 2 is 1.91 bits per heavy atom. The van der Waals surface area contributed by atoms with Gasteiger partial charge < -0.3 is 4.98 Å². The maximum Gasteiger partial charge on any atom is 0.131 e. The van der Waals surface area contributed by atoms with Crippen LogP contribution in [0.4, 0.5) is 0 Å². The van der Waals surface area contributed by atoms with Gasteiger partial charge in [-0.1, -0.05) is 11.6 Å². The van der Waals surface area contributed by atoms with E-state index in [1.807, 2.05) is 20.2 Å². The highest BCUT2D eigenvalue weighted by molar-refractivity contribution is 6.30. The summed E-state index contributed by atoms with van der Waals surface area (Å²) in [6.07, 6.45) is 3.18. The van der Waals surface area contributed by atoms with Gasteiger partial charge in [-0.25, -0.2) is 0 Å². The molecule has 0 saturated carbocycles. The fourth-order valence-corrected chi connectivity index (χ4v) is 3.36. The molecule has 22 heavy (non-hydrogen) atoms. The Bertz CT molecular complexity index is 604.